The summed E-state index contributed by atoms with van der Waals surface area (Å²) in [5.74, 6) is 0.824. The van der Waals surface area contributed by atoms with Crippen LogP contribution in [-0.4, -0.2) is 56.3 Å². The summed E-state index contributed by atoms with van der Waals surface area (Å²) in [6.45, 7) is 3.19. The molecule has 1 amide bonds. The number of aromatic nitrogens is 1. The van der Waals surface area contributed by atoms with E-state index >= 15 is 0 Å². The molecule has 1 unspecified atom stereocenters. The molecule has 8 heteroatoms. The maximum atomic E-state index is 11.1. The third-order valence-electron chi connectivity index (χ3n) is 4.71. The fourth-order valence-electron chi connectivity index (χ4n) is 3.40. The van der Waals surface area contributed by atoms with Gasteiger partial charge in [0.05, 0.1) is 14.2 Å². The summed E-state index contributed by atoms with van der Waals surface area (Å²) in [5, 5.41) is 3.46. The zero-order valence-electron chi connectivity index (χ0n) is 16.2. The third kappa shape index (κ3) is 4.71. The van der Waals surface area contributed by atoms with Gasteiger partial charge < -0.3 is 25.3 Å². The average molecular weight is 386 g/mol. The highest BCUT2D eigenvalue weighted by Crippen LogP contribution is 2.39. The maximum absolute atomic E-state index is 11.1. The Morgan fingerprint density at radius 2 is 1.93 bits per heavy atom. The Morgan fingerprint density at radius 1 is 1.25 bits per heavy atom. The van der Waals surface area contributed by atoms with E-state index in [1.165, 1.54) is 5.56 Å². The van der Waals surface area contributed by atoms with E-state index < -0.39 is 5.91 Å². The van der Waals surface area contributed by atoms with Crippen LogP contribution in [0.3, 0.4) is 0 Å². The molecule has 2 aromatic rings. The van der Waals surface area contributed by atoms with Crippen LogP contribution in [-0.2, 0) is 11.3 Å². The van der Waals surface area contributed by atoms with Crippen LogP contribution in [0.2, 0.25) is 0 Å². The number of carbonyl (C=O) groups is 1. The molecule has 3 N–H and O–H groups in total. The van der Waals surface area contributed by atoms with Gasteiger partial charge in [-0.3, -0.25) is 14.7 Å². The first-order valence-electron chi connectivity index (χ1n) is 9.13. The highest BCUT2D eigenvalue weighted by molar-refractivity contribution is 5.75. The largest absolute Gasteiger partial charge is 0.493 e. The van der Waals surface area contributed by atoms with Gasteiger partial charge in [-0.25, -0.2) is 0 Å². The van der Waals surface area contributed by atoms with Crippen molar-refractivity contribution in [3.05, 3.63) is 47.8 Å². The molecule has 28 heavy (non-hydrogen) atoms. The number of nitrogens with two attached hydrogens (primary N) is 1. The molecule has 1 aliphatic rings. The topological polar surface area (TPSA) is 98.9 Å². The molecular weight excluding hydrogens is 360 g/mol. The molecule has 150 valence electrons. The van der Waals surface area contributed by atoms with Gasteiger partial charge in [0.15, 0.2) is 18.1 Å². The summed E-state index contributed by atoms with van der Waals surface area (Å²) < 4.78 is 16.4. The van der Waals surface area contributed by atoms with Crippen LogP contribution in [0.1, 0.15) is 17.2 Å². The summed E-state index contributed by atoms with van der Waals surface area (Å²) in [4.78, 5) is 17.6. The van der Waals surface area contributed by atoms with E-state index in [1.54, 1.807) is 14.2 Å². The monoisotopic (exact) mass is 386 g/mol. The van der Waals surface area contributed by atoms with Crippen molar-refractivity contribution in [3.63, 3.8) is 0 Å². The number of hydrogen-bond acceptors (Lipinski definition) is 7. The van der Waals surface area contributed by atoms with Crippen LogP contribution in [0.5, 0.6) is 17.2 Å². The molecule has 0 radical (unpaired) electrons. The number of primary amides is 1. The fraction of sp³-hybridized carbons (Fsp3) is 0.400. The van der Waals surface area contributed by atoms with E-state index in [2.05, 4.69) is 15.2 Å². The number of ether oxygens (including phenoxy) is 3. The van der Waals surface area contributed by atoms with Crippen LogP contribution < -0.4 is 25.3 Å². The van der Waals surface area contributed by atoms with E-state index in [4.69, 9.17) is 19.9 Å². The predicted molar refractivity (Wildman–Crippen MR) is 104 cm³/mol. The Bertz CT molecular complexity index is 775. The van der Waals surface area contributed by atoms with Crippen LogP contribution in [0.4, 0.5) is 0 Å². The lowest BCUT2D eigenvalue weighted by Gasteiger charge is -2.36. The number of hydrogen-bond donors (Lipinski definition) is 2. The second-order valence-corrected chi connectivity index (χ2v) is 6.56. The summed E-state index contributed by atoms with van der Waals surface area (Å²) in [5.41, 5.74) is 7.44. The first-order valence-corrected chi connectivity index (χ1v) is 9.13. The Labute approximate surface area is 164 Å². The average Bonchev–Trinajstić information content (AvgIpc) is 2.73. The second kappa shape index (κ2) is 9.38. The molecule has 2 heterocycles. The van der Waals surface area contributed by atoms with Crippen LogP contribution in [0.15, 0.2) is 36.7 Å². The van der Waals surface area contributed by atoms with Gasteiger partial charge in [-0.15, -0.1) is 0 Å². The number of rotatable bonds is 8. The molecule has 3 rings (SSSR count). The van der Waals surface area contributed by atoms with Crippen molar-refractivity contribution in [2.75, 3.05) is 40.5 Å². The standard InChI is InChI=1S/C20H26N4O4/c1-26-17-9-14(10-18(27-2)20(17)28-13-19(21)25)12-24-8-7-23-11-16(24)15-3-5-22-6-4-15/h3-6,9-10,16,23H,7-8,11-13H2,1-2H3,(H2,21,25). The Hall–Kier alpha value is -2.84. The number of nitrogens with one attached hydrogen (secondary N) is 1. The zero-order chi connectivity index (χ0) is 19.9. The minimum atomic E-state index is -0.561. The highest BCUT2D eigenvalue weighted by Gasteiger charge is 2.25. The molecule has 0 aliphatic carbocycles. The lowest BCUT2D eigenvalue weighted by molar-refractivity contribution is -0.119. The van der Waals surface area contributed by atoms with E-state index in [-0.39, 0.29) is 12.6 Å². The Kier molecular flexibility index (Phi) is 6.67. The van der Waals surface area contributed by atoms with Crippen molar-refractivity contribution in [1.29, 1.82) is 0 Å². The molecule has 1 aromatic carbocycles. The van der Waals surface area contributed by atoms with Gasteiger partial charge in [0.2, 0.25) is 5.75 Å². The Morgan fingerprint density at radius 3 is 2.54 bits per heavy atom. The van der Waals surface area contributed by atoms with Gasteiger partial charge in [-0.2, -0.15) is 0 Å². The molecule has 1 aliphatic heterocycles. The van der Waals surface area contributed by atoms with Crippen molar-refractivity contribution in [2.24, 2.45) is 5.73 Å². The summed E-state index contributed by atoms with van der Waals surface area (Å²) >= 11 is 0. The van der Waals surface area contributed by atoms with E-state index in [1.807, 2.05) is 36.7 Å². The van der Waals surface area contributed by atoms with Crippen molar-refractivity contribution in [2.45, 2.75) is 12.6 Å². The van der Waals surface area contributed by atoms with Crippen LogP contribution in [0, 0.1) is 0 Å². The molecule has 0 saturated carbocycles. The van der Waals surface area contributed by atoms with Gasteiger partial charge in [0.1, 0.15) is 0 Å². The van der Waals surface area contributed by atoms with Gasteiger partial charge in [0, 0.05) is 44.6 Å². The molecule has 1 fully saturated rings. The first-order chi connectivity index (χ1) is 13.6. The molecule has 1 atom stereocenters. The predicted octanol–water partition coefficient (Wildman–Crippen LogP) is 1.11. The number of nitrogens with zero attached hydrogens (tertiary/aromatic N) is 2. The number of methoxy groups -OCH3 is 2. The smallest absolute Gasteiger partial charge is 0.255 e. The minimum Gasteiger partial charge on any atom is -0.493 e. The number of amides is 1. The highest BCUT2D eigenvalue weighted by atomic mass is 16.5. The number of piperazine rings is 1. The summed E-state index contributed by atoms with van der Waals surface area (Å²) in [6.07, 6.45) is 3.64. The van der Waals surface area contributed by atoms with E-state index in [0.29, 0.717) is 17.2 Å². The fourth-order valence-corrected chi connectivity index (χ4v) is 3.40. The van der Waals surface area contributed by atoms with Crippen molar-refractivity contribution in [1.82, 2.24) is 15.2 Å². The van der Waals surface area contributed by atoms with Crippen molar-refractivity contribution < 1.29 is 19.0 Å². The quantitative estimate of drug-likeness (QED) is 0.701. The first kappa shape index (κ1) is 19.9. The minimum absolute atomic E-state index is 0.242. The van der Waals surface area contributed by atoms with Crippen molar-refractivity contribution >= 4 is 5.91 Å². The second-order valence-electron chi connectivity index (χ2n) is 6.56. The lowest BCUT2D eigenvalue weighted by atomic mass is 10.0. The van der Waals surface area contributed by atoms with E-state index in [0.717, 1.165) is 31.7 Å². The van der Waals surface area contributed by atoms with Gasteiger partial charge in [-0.05, 0) is 35.4 Å². The third-order valence-corrected chi connectivity index (χ3v) is 4.71. The van der Waals surface area contributed by atoms with Crippen LogP contribution >= 0.6 is 0 Å². The summed E-state index contributed by atoms with van der Waals surface area (Å²) in [7, 11) is 3.11. The molecule has 1 saturated heterocycles. The zero-order valence-corrected chi connectivity index (χ0v) is 16.2. The number of carbonyl (C=O) groups excluding carboxylic acids is 1. The van der Waals surface area contributed by atoms with Gasteiger partial charge in [-0.1, -0.05) is 0 Å². The number of benzene rings is 1. The lowest BCUT2D eigenvalue weighted by Crippen LogP contribution is -2.45. The molecule has 1 aromatic heterocycles. The Balaban J connectivity index is 1.85. The normalized spacial score (nSPS) is 17.1. The molecular formula is C20H26N4O4. The van der Waals surface area contributed by atoms with Crippen molar-refractivity contribution in [3.8, 4) is 17.2 Å². The van der Waals surface area contributed by atoms with E-state index in [9.17, 15) is 4.79 Å². The molecule has 0 bridgehead atoms. The SMILES string of the molecule is COc1cc(CN2CCNCC2c2ccncc2)cc(OC)c1OCC(N)=O. The molecule has 0 spiro atoms. The number of pyridine rings is 1. The van der Waals surface area contributed by atoms with Crippen LogP contribution in [0.25, 0.3) is 0 Å². The molecule has 8 nitrogen and oxygen atoms in total. The maximum Gasteiger partial charge on any atom is 0.255 e. The van der Waals surface area contributed by atoms with Gasteiger partial charge >= 0.3 is 0 Å². The summed E-state index contributed by atoms with van der Waals surface area (Å²) in [6, 6.07) is 8.16. The van der Waals surface area contributed by atoms with Gasteiger partial charge in [0.25, 0.3) is 5.91 Å².